The lowest BCUT2D eigenvalue weighted by molar-refractivity contribution is -0.118. The topological polar surface area (TPSA) is 62.4 Å². The molecule has 19 heavy (non-hydrogen) atoms. The lowest BCUT2D eigenvalue weighted by atomic mass is 10.1. The zero-order valence-corrected chi connectivity index (χ0v) is 11.7. The highest BCUT2D eigenvalue weighted by Gasteiger charge is 2.15. The van der Waals surface area contributed by atoms with Crippen LogP contribution in [-0.2, 0) is 4.79 Å². The summed E-state index contributed by atoms with van der Waals surface area (Å²) >= 11 is 0. The number of ether oxygens (including phenoxy) is 1. The summed E-state index contributed by atoms with van der Waals surface area (Å²) in [5.74, 6) is 0.608. The molecule has 0 radical (unpaired) electrons. The van der Waals surface area contributed by atoms with Crippen molar-refractivity contribution >= 4 is 17.3 Å². The number of anilines is 2. The molecule has 0 bridgehead atoms. The van der Waals surface area contributed by atoms with Crippen LogP contribution in [0.5, 0.6) is 5.75 Å². The van der Waals surface area contributed by atoms with E-state index in [-0.39, 0.29) is 18.1 Å². The van der Waals surface area contributed by atoms with E-state index < -0.39 is 0 Å². The molecule has 0 fully saturated rings. The Balaban J connectivity index is 1.88. The van der Waals surface area contributed by atoms with E-state index in [2.05, 4.69) is 36.7 Å². The van der Waals surface area contributed by atoms with Crippen molar-refractivity contribution in [1.29, 1.82) is 0 Å². The summed E-state index contributed by atoms with van der Waals surface area (Å²) in [6.07, 6.45) is 0. The molecule has 5 heteroatoms. The molecule has 1 aliphatic heterocycles. The first-order valence-corrected chi connectivity index (χ1v) is 6.50. The number of fused-ring (bicyclic) bond motifs is 1. The van der Waals surface area contributed by atoms with E-state index >= 15 is 0 Å². The highest BCUT2D eigenvalue weighted by Crippen LogP contribution is 2.30. The second kappa shape index (κ2) is 5.48. The number of hydrogen-bond donors (Lipinski definition) is 3. The van der Waals surface area contributed by atoms with Crippen LogP contribution in [0.15, 0.2) is 18.2 Å². The van der Waals surface area contributed by atoms with Gasteiger partial charge in [-0.05, 0) is 39.0 Å². The Morgan fingerprint density at radius 2 is 2.11 bits per heavy atom. The fraction of sp³-hybridized carbons (Fsp3) is 0.500. The quantitative estimate of drug-likeness (QED) is 0.725. The summed E-state index contributed by atoms with van der Waals surface area (Å²) in [5.41, 5.74) is 1.82. The van der Waals surface area contributed by atoms with E-state index in [1.165, 1.54) is 0 Å². The molecule has 0 unspecified atom stereocenters. The molecular formula is C14H21N3O2. The Kier molecular flexibility index (Phi) is 3.95. The van der Waals surface area contributed by atoms with E-state index in [4.69, 9.17) is 4.74 Å². The number of hydrogen-bond acceptors (Lipinski definition) is 4. The maximum Gasteiger partial charge on any atom is 0.262 e. The minimum atomic E-state index is -0.112. The van der Waals surface area contributed by atoms with Gasteiger partial charge < -0.3 is 20.7 Å². The molecule has 3 N–H and O–H groups in total. The molecule has 1 amide bonds. The first-order chi connectivity index (χ1) is 8.94. The molecule has 0 spiro atoms. The summed E-state index contributed by atoms with van der Waals surface area (Å²) in [5, 5.41) is 9.51. The van der Waals surface area contributed by atoms with Crippen molar-refractivity contribution < 1.29 is 9.53 Å². The normalized spacial score (nSPS) is 14.4. The molecule has 1 aromatic rings. The van der Waals surface area contributed by atoms with Gasteiger partial charge in [-0.3, -0.25) is 4.79 Å². The molecule has 1 heterocycles. The average molecular weight is 263 g/mol. The average Bonchev–Trinajstić information content (AvgIpc) is 2.33. The lowest BCUT2D eigenvalue weighted by Crippen LogP contribution is -2.38. The number of nitrogens with one attached hydrogen (secondary N) is 3. The molecule has 0 saturated heterocycles. The second-order valence-corrected chi connectivity index (χ2v) is 5.65. The Hall–Kier alpha value is -1.75. The third-order valence-corrected chi connectivity index (χ3v) is 2.72. The summed E-state index contributed by atoms with van der Waals surface area (Å²) in [6.45, 7) is 8.21. The third-order valence-electron chi connectivity index (χ3n) is 2.72. The molecule has 0 atom stereocenters. The number of amides is 1. The van der Waals surface area contributed by atoms with Gasteiger partial charge in [0.1, 0.15) is 5.75 Å². The van der Waals surface area contributed by atoms with Crippen LogP contribution < -0.4 is 20.7 Å². The van der Waals surface area contributed by atoms with Crippen LogP contribution in [-0.4, -0.2) is 31.1 Å². The van der Waals surface area contributed by atoms with Gasteiger partial charge >= 0.3 is 0 Å². The predicted octanol–water partition coefficient (Wildman–Crippen LogP) is 1.82. The van der Waals surface area contributed by atoms with Crippen molar-refractivity contribution in [3.05, 3.63) is 18.2 Å². The van der Waals surface area contributed by atoms with Gasteiger partial charge in [0, 0.05) is 24.3 Å². The van der Waals surface area contributed by atoms with Crippen LogP contribution in [0.4, 0.5) is 11.4 Å². The van der Waals surface area contributed by atoms with Gasteiger partial charge in [0.15, 0.2) is 6.61 Å². The molecule has 0 saturated carbocycles. The van der Waals surface area contributed by atoms with Crippen LogP contribution in [0.25, 0.3) is 0 Å². The van der Waals surface area contributed by atoms with Crippen LogP contribution in [0, 0.1) is 0 Å². The number of carbonyl (C=O) groups excluding carboxylic acids is 1. The highest BCUT2D eigenvalue weighted by atomic mass is 16.5. The van der Waals surface area contributed by atoms with Gasteiger partial charge in [-0.1, -0.05) is 0 Å². The molecule has 0 aromatic heterocycles. The Morgan fingerprint density at radius 3 is 2.84 bits per heavy atom. The minimum Gasteiger partial charge on any atom is -0.482 e. The van der Waals surface area contributed by atoms with E-state index in [1.807, 2.05) is 18.2 Å². The minimum absolute atomic E-state index is 0.0925. The predicted molar refractivity (Wildman–Crippen MR) is 76.8 cm³/mol. The number of benzene rings is 1. The fourth-order valence-electron chi connectivity index (χ4n) is 1.84. The van der Waals surface area contributed by atoms with Crippen LogP contribution in [0.2, 0.25) is 0 Å². The van der Waals surface area contributed by atoms with Crippen molar-refractivity contribution in [2.45, 2.75) is 26.3 Å². The van der Waals surface area contributed by atoms with Crippen LogP contribution in [0.1, 0.15) is 20.8 Å². The second-order valence-electron chi connectivity index (χ2n) is 5.65. The highest BCUT2D eigenvalue weighted by molar-refractivity contribution is 5.95. The molecule has 0 aliphatic carbocycles. The SMILES string of the molecule is CC(C)(C)NCCNc1ccc2c(c1)NC(=O)CO2. The van der Waals surface area contributed by atoms with E-state index in [0.29, 0.717) is 0 Å². The smallest absolute Gasteiger partial charge is 0.262 e. The third kappa shape index (κ3) is 4.13. The summed E-state index contributed by atoms with van der Waals surface area (Å²) in [7, 11) is 0. The molecule has 5 nitrogen and oxygen atoms in total. The van der Waals surface area contributed by atoms with Crippen molar-refractivity contribution in [2.75, 3.05) is 30.3 Å². The van der Waals surface area contributed by atoms with Gasteiger partial charge in [0.05, 0.1) is 5.69 Å². The molecule has 1 aliphatic rings. The zero-order valence-electron chi connectivity index (χ0n) is 11.7. The number of rotatable bonds is 4. The van der Waals surface area contributed by atoms with Gasteiger partial charge in [-0.2, -0.15) is 0 Å². The molecule has 1 aromatic carbocycles. The standard InChI is InChI=1S/C14H21N3O2/c1-14(2,3)16-7-6-15-10-4-5-12-11(8-10)17-13(18)9-19-12/h4-5,8,15-16H,6-7,9H2,1-3H3,(H,17,18). The first kappa shape index (κ1) is 13.7. The monoisotopic (exact) mass is 263 g/mol. The summed E-state index contributed by atoms with van der Waals surface area (Å²) < 4.78 is 5.31. The maximum absolute atomic E-state index is 11.2. The summed E-state index contributed by atoms with van der Waals surface area (Å²) in [6, 6.07) is 5.71. The first-order valence-electron chi connectivity index (χ1n) is 6.50. The van der Waals surface area contributed by atoms with E-state index in [1.54, 1.807) is 0 Å². The van der Waals surface area contributed by atoms with Gasteiger partial charge in [-0.25, -0.2) is 0 Å². The van der Waals surface area contributed by atoms with Gasteiger partial charge in [-0.15, -0.1) is 0 Å². The molecular weight excluding hydrogens is 242 g/mol. The van der Waals surface area contributed by atoms with Gasteiger partial charge in [0.25, 0.3) is 5.91 Å². The largest absolute Gasteiger partial charge is 0.482 e. The van der Waals surface area contributed by atoms with Crippen molar-refractivity contribution in [3.63, 3.8) is 0 Å². The fourth-order valence-corrected chi connectivity index (χ4v) is 1.84. The molecule has 2 rings (SSSR count). The van der Waals surface area contributed by atoms with Crippen LogP contribution in [0.3, 0.4) is 0 Å². The van der Waals surface area contributed by atoms with Crippen molar-refractivity contribution in [1.82, 2.24) is 5.32 Å². The maximum atomic E-state index is 11.2. The van der Waals surface area contributed by atoms with Crippen molar-refractivity contribution in [2.24, 2.45) is 0 Å². The number of carbonyl (C=O) groups is 1. The van der Waals surface area contributed by atoms with Crippen molar-refractivity contribution in [3.8, 4) is 5.75 Å². The molecule has 104 valence electrons. The Labute approximate surface area is 113 Å². The van der Waals surface area contributed by atoms with Gasteiger partial charge in [0.2, 0.25) is 0 Å². The van der Waals surface area contributed by atoms with E-state index in [0.717, 1.165) is 30.2 Å². The zero-order chi connectivity index (χ0) is 13.9. The Bertz CT molecular complexity index is 466. The Morgan fingerprint density at radius 1 is 1.32 bits per heavy atom. The van der Waals surface area contributed by atoms with E-state index in [9.17, 15) is 4.79 Å². The van der Waals surface area contributed by atoms with Crippen LogP contribution >= 0.6 is 0 Å². The lowest BCUT2D eigenvalue weighted by Gasteiger charge is -2.21. The summed E-state index contributed by atoms with van der Waals surface area (Å²) in [4.78, 5) is 11.2.